The molecule has 152 valence electrons. The molecule has 3 aromatic rings. The number of thiazole rings is 1. The quantitative estimate of drug-likeness (QED) is 0.663. The van der Waals surface area contributed by atoms with E-state index in [0.29, 0.717) is 6.54 Å². The molecule has 0 saturated heterocycles. The van der Waals surface area contributed by atoms with E-state index in [1.807, 2.05) is 24.4 Å². The highest BCUT2D eigenvalue weighted by atomic mass is 32.1. The van der Waals surface area contributed by atoms with Gasteiger partial charge in [-0.05, 0) is 50.5 Å². The van der Waals surface area contributed by atoms with Crippen LogP contribution in [-0.4, -0.2) is 34.4 Å². The lowest BCUT2D eigenvalue weighted by molar-refractivity contribution is -0.121. The second kappa shape index (κ2) is 8.13. The molecule has 1 aliphatic heterocycles. The van der Waals surface area contributed by atoms with Gasteiger partial charge in [-0.15, -0.1) is 11.3 Å². The normalized spacial score (nSPS) is 14.6. The third-order valence-electron chi connectivity index (χ3n) is 5.55. The first-order valence-electron chi connectivity index (χ1n) is 10.0. The first kappa shape index (κ1) is 19.9. The van der Waals surface area contributed by atoms with Crippen LogP contribution in [0.5, 0.6) is 0 Å². The molecule has 5 nitrogen and oxygen atoms in total. The van der Waals surface area contributed by atoms with Crippen LogP contribution >= 0.6 is 11.3 Å². The Morgan fingerprint density at radius 2 is 2.03 bits per heavy atom. The topological polar surface area (TPSA) is 58.4 Å². The maximum atomic E-state index is 12.5. The Morgan fingerprint density at radius 3 is 2.79 bits per heavy atom. The number of aryl methyl sites for hydroxylation is 1. The summed E-state index contributed by atoms with van der Waals surface area (Å²) in [4.78, 5) is 19.5. The van der Waals surface area contributed by atoms with Gasteiger partial charge in [0.25, 0.3) is 0 Å². The zero-order valence-corrected chi connectivity index (χ0v) is 18.0. The number of furan rings is 1. The number of rotatable bonds is 6. The average Bonchev–Trinajstić information content (AvgIpc) is 3.35. The van der Waals surface area contributed by atoms with Gasteiger partial charge in [0.15, 0.2) is 10.8 Å². The van der Waals surface area contributed by atoms with Crippen LogP contribution in [0.25, 0.3) is 10.8 Å². The number of amides is 1. The largest absolute Gasteiger partial charge is 0.459 e. The molecule has 0 spiro atoms. The number of benzene rings is 1. The molecule has 1 N–H and O–H groups in total. The Balaban J connectivity index is 1.32. The summed E-state index contributed by atoms with van der Waals surface area (Å²) in [6.45, 7) is 8.86. The first-order valence-corrected chi connectivity index (χ1v) is 10.9. The van der Waals surface area contributed by atoms with Crippen LogP contribution in [0.4, 0.5) is 0 Å². The van der Waals surface area contributed by atoms with Crippen molar-refractivity contribution in [2.45, 2.75) is 45.7 Å². The van der Waals surface area contributed by atoms with E-state index >= 15 is 0 Å². The van der Waals surface area contributed by atoms with Crippen LogP contribution in [0.15, 0.2) is 46.2 Å². The number of hydrogen-bond donors (Lipinski definition) is 1. The second-order valence-electron chi connectivity index (χ2n) is 8.26. The third-order valence-corrected chi connectivity index (χ3v) is 6.46. The lowest BCUT2D eigenvalue weighted by Gasteiger charge is -2.41. The van der Waals surface area contributed by atoms with Crippen LogP contribution in [0.3, 0.4) is 0 Å². The van der Waals surface area contributed by atoms with Crippen molar-refractivity contribution in [3.05, 3.63) is 64.4 Å². The van der Waals surface area contributed by atoms with Crippen molar-refractivity contribution in [3.8, 4) is 10.8 Å². The predicted molar refractivity (Wildman–Crippen MR) is 116 cm³/mol. The summed E-state index contributed by atoms with van der Waals surface area (Å²) in [5.74, 6) is 1.62. The number of fused-ring (bicyclic) bond motifs is 1. The summed E-state index contributed by atoms with van der Waals surface area (Å²) in [6, 6.07) is 12.5. The molecule has 1 aromatic carbocycles. The zero-order valence-electron chi connectivity index (χ0n) is 17.2. The Bertz CT molecular complexity index is 1000. The zero-order chi connectivity index (χ0) is 20.4. The van der Waals surface area contributed by atoms with Gasteiger partial charge in [0.2, 0.25) is 5.91 Å². The molecular weight excluding hydrogens is 382 g/mol. The van der Waals surface area contributed by atoms with Crippen molar-refractivity contribution in [1.82, 2.24) is 15.2 Å². The Hall–Kier alpha value is -2.44. The molecule has 0 bridgehead atoms. The number of carbonyl (C=O) groups excluding carboxylic acids is 1. The van der Waals surface area contributed by atoms with E-state index < -0.39 is 0 Å². The highest BCUT2D eigenvalue weighted by Crippen LogP contribution is 2.26. The van der Waals surface area contributed by atoms with Gasteiger partial charge in [0.05, 0.1) is 12.1 Å². The molecule has 4 rings (SSSR count). The van der Waals surface area contributed by atoms with Crippen LogP contribution in [0.2, 0.25) is 0 Å². The smallest absolute Gasteiger partial charge is 0.226 e. The minimum absolute atomic E-state index is 0.00274. The van der Waals surface area contributed by atoms with Crippen LogP contribution in [-0.2, 0) is 24.2 Å². The van der Waals surface area contributed by atoms with E-state index in [2.05, 4.69) is 53.3 Å². The van der Waals surface area contributed by atoms with E-state index in [9.17, 15) is 4.79 Å². The maximum Gasteiger partial charge on any atom is 0.226 e. The van der Waals surface area contributed by atoms with Crippen molar-refractivity contribution < 1.29 is 9.21 Å². The second-order valence-corrected chi connectivity index (χ2v) is 9.12. The van der Waals surface area contributed by atoms with Gasteiger partial charge < -0.3 is 9.73 Å². The van der Waals surface area contributed by atoms with Crippen LogP contribution < -0.4 is 5.32 Å². The van der Waals surface area contributed by atoms with Crippen molar-refractivity contribution in [2.24, 2.45) is 0 Å². The molecule has 0 atom stereocenters. The van der Waals surface area contributed by atoms with Crippen LogP contribution in [0.1, 0.15) is 36.4 Å². The first-order chi connectivity index (χ1) is 13.9. The van der Waals surface area contributed by atoms with Gasteiger partial charge in [0, 0.05) is 30.6 Å². The maximum absolute atomic E-state index is 12.5. The van der Waals surface area contributed by atoms with Crippen molar-refractivity contribution in [3.63, 3.8) is 0 Å². The van der Waals surface area contributed by atoms with E-state index in [4.69, 9.17) is 4.42 Å². The molecule has 0 radical (unpaired) electrons. The van der Waals surface area contributed by atoms with Crippen molar-refractivity contribution in [2.75, 3.05) is 13.1 Å². The number of nitrogens with one attached hydrogen (secondary N) is 1. The Kier molecular flexibility index (Phi) is 5.56. The molecule has 2 aromatic heterocycles. The number of aromatic nitrogens is 1. The van der Waals surface area contributed by atoms with Gasteiger partial charge in [-0.2, -0.15) is 0 Å². The van der Waals surface area contributed by atoms with E-state index in [1.165, 1.54) is 22.5 Å². The number of hydrogen-bond acceptors (Lipinski definition) is 5. The molecule has 3 heterocycles. The average molecular weight is 410 g/mol. The Morgan fingerprint density at radius 1 is 1.24 bits per heavy atom. The fourth-order valence-electron chi connectivity index (χ4n) is 3.72. The van der Waals surface area contributed by atoms with Gasteiger partial charge in [-0.25, -0.2) is 4.98 Å². The summed E-state index contributed by atoms with van der Waals surface area (Å²) in [5, 5.41) is 5.85. The monoisotopic (exact) mass is 409 g/mol. The van der Waals surface area contributed by atoms with Crippen molar-refractivity contribution in [1.29, 1.82) is 0 Å². The summed E-state index contributed by atoms with van der Waals surface area (Å²) in [5.41, 5.74) is 3.50. The fraction of sp³-hybridized carbons (Fsp3) is 0.391. The molecule has 0 fully saturated rings. The summed E-state index contributed by atoms with van der Waals surface area (Å²) in [6.07, 6.45) is 1.34. The van der Waals surface area contributed by atoms with Gasteiger partial charge in [-0.1, -0.05) is 24.3 Å². The molecule has 29 heavy (non-hydrogen) atoms. The SMILES string of the molecule is Cc1ccc(-c2nc(CC(=O)NCC(C)(C)N3CCc4ccccc4C3)cs2)o1. The van der Waals surface area contributed by atoms with Crippen LogP contribution in [0, 0.1) is 6.92 Å². The lowest BCUT2D eigenvalue weighted by Crippen LogP contribution is -2.53. The predicted octanol–water partition coefficient (Wildman–Crippen LogP) is 4.21. The van der Waals surface area contributed by atoms with E-state index in [1.54, 1.807) is 0 Å². The summed E-state index contributed by atoms with van der Waals surface area (Å²) < 4.78 is 5.61. The highest BCUT2D eigenvalue weighted by Gasteiger charge is 2.30. The molecule has 0 aliphatic carbocycles. The third kappa shape index (κ3) is 4.60. The minimum atomic E-state index is -0.109. The molecule has 0 saturated carbocycles. The molecule has 1 amide bonds. The fourth-order valence-corrected chi connectivity index (χ4v) is 4.50. The number of carbonyl (C=O) groups is 1. The molecule has 6 heteroatoms. The van der Waals surface area contributed by atoms with E-state index in [-0.39, 0.29) is 17.9 Å². The summed E-state index contributed by atoms with van der Waals surface area (Å²) in [7, 11) is 0. The van der Waals surface area contributed by atoms with Gasteiger partial charge in [0.1, 0.15) is 5.76 Å². The molecule has 1 aliphatic rings. The Labute approximate surface area is 175 Å². The lowest BCUT2D eigenvalue weighted by atomic mass is 9.94. The summed E-state index contributed by atoms with van der Waals surface area (Å²) >= 11 is 1.50. The highest BCUT2D eigenvalue weighted by molar-refractivity contribution is 7.13. The van der Waals surface area contributed by atoms with E-state index in [0.717, 1.165) is 41.7 Å². The van der Waals surface area contributed by atoms with Crippen molar-refractivity contribution >= 4 is 17.2 Å². The molecular formula is C23H27N3O2S. The number of nitrogens with zero attached hydrogens (tertiary/aromatic N) is 2. The van der Waals surface area contributed by atoms with Gasteiger partial charge >= 0.3 is 0 Å². The standard InChI is InChI=1S/C23H27N3O2S/c1-16-8-9-20(28-16)22-25-19(14-29-22)12-21(27)24-15-23(2,3)26-11-10-17-6-4-5-7-18(17)13-26/h4-9,14H,10-13,15H2,1-3H3,(H,24,27). The van der Waals surface area contributed by atoms with Gasteiger partial charge in [-0.3, -0.25) is 9.69 Å². The molecule has 0 unspecified atom stereocenters. The minimum Gasteiger partial charge on any atom is -0.459 e.